The predicted octanol–water partition coefficient (Wildman–Crippen LogP) is 4.03. The molecule has 1 spiro atoms. The Morgan fingerprint density at radius 1 is 1.11 bits per heavy atom. The number of anilines is 2. The van der Waals surface area contributed by atoms with Crippen LogP contribution in [0.5, 0.6) is 0 Å². The van der Waals surface area contributed by atoms with Crippen LogP contribution in [0.15, 0.2) is 35.4 Å². The summed E-state index contributed by atoms with van der Waals surface area (Å²) >= 11 is 0. The molecule has 4 fully saturated rings. The van der Waals surface area contributed by atoms with E-state index in [1.54, 1.807) is 31.2 Å². The molecule has 0 radical (unpaired) electrons. The fraction of sp³-hybridized carbons (Fsp3) is 0.656. The maximum Gasteiger partial charge on any atom is 0.243 e. The van der Waals surface area contributed by atoms with Gasteiger partial charge in [0.15, 0.2) is 6.29 Å². The Kier molecular flexibility index (Phi) is 8.15. The van der Waals surface area contributed by atoms with Gasteiger partial charge in [0.05, 0.1) is 22.5 Å². The van der Waals surface area contributed by atoms with Crippen LogP contribution in [0.3, 0.4) is 0 Å². The minimum Gasteiger partial charge on any atom is -0.389 e. The predicted molar refractivity (Wildman–Crippen MR) is 164 cm³/mol. The number of nitrogens with zero attached hydrogens (tertiary/aromatic N) is 4. The molecule has 2 saturated carbocycles. The monoisotopic (exact) mass is 625 g/mol. The van der Waals surface area contributed by atoms with Crippen molar-refractivity contribution < 1.29 is 27.8 Å². The molecule has 12 heteroatoms. The summed E-state index contributed by atoms with van der Waals surface area (Å²) in [5, 5.41) is 13.3. The van der Waals surface area contributed by atoms with Gasteiger partial charge in [0, 0.05) is 43.5 Å². The minimum absolute atomic E-state index is 0.00620. The lowest BCUT2D eigenvalue weighted by Gasteiger charge is -2.37. The van der Waals surface area contributed by atoms with Crippen LogP contribution in [0.4, 0.5) is 11.8 Å². The number of aliphatic hydroxyl groups excluding tert-OH is 1. The Labute approximate surface area is 259 Å². The van der Waals surface area contributed by atoms with E-state index in [-0.39, 0.29) is 35.3 Å². The number of benzene rings is 1. The highest BCUT2D eigenvalue weighted by molar-refractivity contribution is 7.89. The van der Waals surface area contributed by atoms with Crippen molar-refractivity contribution in [3.8, 4) is 0 Å². The van der Waals surface area contributed by atoms with E-state index < -0.39 is 21.5 Å². The molecule has 1 aromatic heterocycles. The summed E-state index contributed by atoms with van der Waals surface area (Å²) in [6.07, 6.45) is 10.7. The largest absolute Gasteiger partial charge is 0.389 e. The lowest BCUT2D eigenvalue weighted by Crippen LogP contribution is -2.45. The second kappa shape index (κ2) is 11.9. The fourth-order valence-electron chi connectivity index (χ4n) is 7.37. The highest BCUT2D eigenvalue weighted by Gasteiger charge is 2.61. The highest BCUT2D eigenvalue weighted by Crippen LogP contribution is 2.57. The molecule has 44 heavy (non-hydrogen) atoms. The van der Waals surface area contributed by atoms with Gasteiger partial charge in [-0.3, -0.25) is 9.69 Å². The molecule has 7 rings (SSSR count). The van der Waals surface area contributed by atoms with E-state index in [2.05, 4.69) is 10.3 Å². The number of piperidine rings is 1. The van der Waals surface area contributed by atoms with Crippen LogP contribution in [-0.4, -0.2) is 77.9 Å². The first-order valence-corrected chi connectivity index (χ1v) is 17.7. The number of fused-ring (bicyclic) bond motifs is 2. The van der Waals surface area contributed by atoms with E-state index in [0.717, 1.165) is 75.8 Å². The Hall–Kier alpha value is -2.64. The summed E-state index contributed by atoms with van der Waals surface area (Å²) in [7, 11) is -3.67. The number of rotatable bonds is 8. The maximum absolute atomic E-state index is 13.8. The van der Waals surface area contributed by atoms with Crippen molar-refractivity contribution in [1.29, 1.82) is 0 Å². The number of amides is 1. The van der Waals surface area contributed by atoms with Gasteiger partial charge >= 0.3 is 0 Å². The van der Waals surface area contributed by atoms with Gasteiger partial charge in [-0.25, -0.2) is 13.4 Å². The lowest BCUT2D eigenvalue weighted by atomic mass is 9.91. The van der Waals surface area contributed by atoms with Crippen molar-refractivity contribution in [2.75, 3.05) is 29.9 Å². The van der Waals surface area contributed by atoms with Crippen molar-refractivity contribution in [3.63, 3.8) is 0 Å². The first kappa shape index (κ1) is 30.0. The first-order valence-electron chi connectivity index (χ1n) is 16.3. The molecule has 11 nitrogen and oxygen atoms in total. The lowest BCUT2D eigenvalue weighted by molar-refractivity contribution is -0.193. The molecule has 3 aliphatic heterocycles. The number of ether oxygens (including phenoxy) is 2. The summed E-state index contributed by atoms with van der Waals surface area (Å²) in [5.74, 6) is 1.35. The standard InChI is InChI=1S/C32H43N5O6S/c1-21(38)22-6-4-9-26(18-22)44(40,41)36-15-11-23(12-16-36)34-31-33-20-27-29(35-31)37(30(39)32(27)13-14-32)24-7-5-8-25(19-24)43-28-10-2-3-17-42-28/h4,6,9,18,20-21,23-25,28,38H,2-3,5,7-8,10-17,19H2,1H3,(H,33,34,35)/t21?,24-,25-,28?/m1/s1. The number of hydrogen-bond acceptors (Lipinski definition) is 9. The van der Waals surface area contributed by atoms with Gasteiger partial charge in [0.25, 0.3) is 0 Å². The van der Waals surface area contributed by atoms with E-state index >= 15 is 0 Å². The van der Waals surface area contributed by atoms with Crippen LogP contribution in [0.1, 0.15) is 94.8 Å². The summed E-state index contributed by atoms with van der Waals surface area (Å²) in [6.45, 7) is 3.11. The Morgan fingerprint density at radius 2 is 1.93 bits per heavy atom. The van der Waals surface area contributed by atoms with Gasteiger partial charge in [-0.1, -0.05) is 12.1 Å². The quantitative estimate of drug-likeness (QED) is 0.446. The van der Waals surface area contributed by atoms with Gasteiger partial charge in [0.1, 0.15) is 5.82 Å². The molecule has 4 atom stereocenters. The third-order valence-electron chi connectivity index (χ3n) is 10.1. The number of nitrogens with one attached hydrogen (secondary N) is 1. The minimum atomic E-state index is -3.67. The highest BCUT2D eigenvalue weighted by atomic mass is 32.2. The average molecular weight is 626 g/mol. The zero-order chi connectivity index (χ0) is 30.5. The first-order chi connectivity index (χ1) is 21.2. The van der Waals surface area contributed by atoms with E-state index in [4.69, 9.17) is 14.5 Å². The molecular weight excluding hydrogens is 582 g/mol. The van der Waals surface area contributed by atoms with Gasteiger partial charge < -0.3 is 19.9 Å². The summed E-state index contributed by atoms with van der Waals surface area (Å²) in [5.41, 5.74) is 1.04. The summed E-state index contributed by atoms with van der Waals surface area (Å²) in [4.78, 5) is 25.6. The second-order valence-electron chi connectivity index (χ2n) is 13.1. The van der Waals surface area contributed by atoms with E-state index in [1.165, 1.54) is 4.31 Å². The molecular formula is C32H43N5O6S. The van der Waals surface area contributed by atoms with Crippen LogP contribution in [0.2, 0.25) is 0 Å². The third kappa shape index (κ3) is 5.64. The van der Waals surface area contributed by atoms with Crippen molar-refractivity contribution in [2.24, 2.45) is 0 Å². The molecule has 2 aromatic rings. The maximum atomic E-state index is 13.8. The summed E-state index contributed by atoms with van der Waals surface area (Å²) < 4.78 is 40.3. The van der Waals surface area contributed by atoms with Gasteiger partial charge in [-0.15, -0.1) is 0 Å². The van der Waals surface area contributed by atoms with Crippen molar-refractivity contribution in [1.82, 2.24) is 14.3 Å². The van der Waals surface area contributed by atoms with Crippen LogP contribution >= 0.6 is 0 Å². The molecule has 2 N–H and O–H groups in total. The number of carbonyl (C=O) groups is 1. The number of sulfonamides is 1. The van der Waals surface area contributed by atoms with Gasteiger partial charge in [-0.05, 0) is 95.2 Å². The van der Waals surface area contributed by atoms with Crippen LogP contribution in [-0.2, 0) is 29.7 Å². The zero-order valence-electron chi connectivity index (χ0n) is 25.4. The zero-order valence-corrected chi connectivity index (χ0v) is 26.2. The molecule has 4 heterocycles. The SMILES string of the molecule is CC(O)c1cccc(S(=O)(=O)N2CCC(Nc3ncc4c(n3)N([C@@H]3CCC[C@@H](OC5CCCCO5)C3)C(=O)C43CC3)CC2)c1. The molecule has 1 aromatic carbocycles. The number of carbonyl (C=O) groups excluding carboxylic acids is 1. The van der Waals surface area contributed by atoms with Gasteiger partial charge in [0.2, 0.25) is 21.9 Å². The molecule has 2 unspecified atom stereocenters. The number of aliphatic hydroxyl groups is 1. The normalized spacial score (nSPS) is 28.2. The number of hydrogen-bond donors (Lipinski definition) is 2. The Morgan fingerprint density at radius 3 is 2.66 bits per heavy atom. The fourth-order valence-corrected chi connectivity index (χ4v) is 8.90. The topological polar surface area (TPSA) is 134 Å². The van der Waals surface area contributed by atoms with Crippen LogP contribution in [0, 0.1) is 0 Å². The molecule has 238 valence electrons. The van der Waals surface area contributed by atoms with E-state index in [0.29, 0.717) is 37.4 Å². The smallest absolute Gasteiger partial charge is 0.243 e. The molecule has 2 saturated heterocycles. The van der Waals surface area contributed by atoms with Crippen molar-refractivity contribution >= 4 is 27.7 Å². The molecule has 2 aliphatic carbocycles. The summed E-state index contributed by atoms with van der Waals surface area (Å²) in [6, 6.07) is 6.56. The second-order valence-corrected chi connectivity index (χ2v) is 15.1. The van der Waals surface area contributed by atoms with Crippen LogP contribution in [0.25, 0.3) is 0 Å². The molecule has 5 aliphatic rings. The van der Waals surface area contributed by atoms with Crippen molar-refractivity contribution in [2.45, 2.75) is 118 Å². The van der Waals surface area contributed by atoms with Crippen LogP contribution < -0.4 is 10.2 Å². The van der Waals surface area contributed by atoms with Gasteiger partial charge in [-0.2, -0.15) is 9.29 Å². The Bertz CT molecular complexity index is 1480. The number of aromatic nitrogens is 2. The van der Waals surface area contributed by atoms with E-state index in [9.17, 15) is 18.3 Å². The molecule has 1 amide bonds. The Balaban J connectivity index is 1.02. The van der Waals surface area contributed by atoms with E-state index in [1.807, 2.05) is 11.1 Å². The third-order valence-corrected chi connectivity index (χ3v) is 12.0. The molecule has 0 bridgehead atoms. The van der Waals surface area contributed by atoms with Crippen molar-refractivity contribution in [3.05, 3.63) is 41.6 Å². The average Bonchev–Trinajstić information content (AvgIpc) is 3.80.